The number of pyridine rings is 1. The third kappa shape index (κ3) is 4.33. The zero-order valence-corrected chi connectivity index (χ0v) is 14.0. The molecule has 0 amide bonds. The zero-order valence-electron chi connectivity index (χ0n) is 13.1. The van der Waals surface area contributed by atoms with E-state index < -0.39 is 0 Å². The first-order valence-corrected chi connectivity index (χ1v) is 7.94. The Hall–Kier alpha value is -1.30. The van der Waals surface area contributed by atoms with Crippen molar-refractivity contribution in [1.29, 1.82) is 0 Å². The molecule has 0 saturated carbocycles. The summed E-state index contributed by atoms with van der Waals surface area (Å²) in [5.74, 6) is 0. The fourth-order valence-corrected chi connectivity index (χ4v) is 3.30. The normalized spacial score (nSPS) is 11.8. The number of aromatic nitrogens is 2. The summed E-state index contributed by atoms with van der Waals surface area (Å²) in [4.78, 5) is 10.2. The minimum Gasteiger partial charge on any atom is -0.383 e. The van der Waals surface area contributed by atoms with Crippen LogP contribution in [0, 0.1) is 0 Å². The van der Waals surface area contributed by atoms with Gasteiger partial charge in [0.25, 0.3) is 0 Å². The predicted octanol–water partition coefficient (Wildman–Crippen LogP) is 3.24. The first-order valence-electron chi connectivity index (χ1n) is 7.12. The molecule has 2 heterocycles. The molecule has 0 spiro atoms. The van der Waals surface area contributed by atoms with E-state index >= 15 is 0 Å². The van der Waals surface area contributed by atoms with Crippen molar-refractivity contribution in [2.24, 2.45) is 0 Å². The van der Waals surface area contributed by atoms with Gasteiger partial charge in [0.2, 0.25) is 0 Å². The van der Waals surface area contributed by atoms with E-state index in [4.69, 9.17) is 9.72 Å². The van der Waals surface area contributed by atoms with Gasteiger partial charge in [-0.05, 0) is 12.1 Å². The third-order valence-corrected chi connectivity index (χ3v) is 4.21. The molecule has 0 aliphatic heterocycles. The number of rotatable bonds is 6. The second-order valence-electron chi connectivity index (χ2n) is 5.95. The lowest BCUT2D eigenvalue weighted by atomic mass is 9.91. The molecule has 2 rings (SSSR count). The number of nitrogens with one attached hydrogen (secondary N) is 1. The van der Waals surface area contributed by atoms with Crippen LogP contribution < -0.4 is 5.32 Å². The van der Waals surface area contributed by atoms with Gasteiger partial charge in [-0.3, -0.25) is 4.98 Å². The highest BCUT2D eigenvalue weighted by atomic mass is 32.1. The number of ether oxygens (including phenoxy) is 1. The Bertz CT molecular complexity index is 561. The zero-order chi connectivity index (χ0) is 15.3. The summed E-state index contributed by atoms with van der Waals surface area (Å²) >= 11 is 1.76. The minimum absolute atomic E-state index is 0.0417. The maximum Gasteiger partial charge on any atom is 0.124 e. The summed E-state index contributed by atoms with van der Waals surface area (Å²) in [6.45, 7) is 9.02. The van der Waals surface area contributed by atoms with Crippen molar-refractivity contribution < 1.29 is 4.74 Å². The Morgan fingerprint density at radius 1 is 1.24 bits per heavy atom. The SMILES string of the molecule is COCCNCc1sc(-c2ccncc2)nc1C(C)(C)C. The summed E-state index contributed by atoms with van der Waals surface area (Å²) in [5.41, 5.74) is 2.34. The Morgan fingerprint density at radius 2 is 1.95 bits per heavy atom. The number of methoxy groups -OCH3 is 1. The van der Waals surface area contributed by atoms with E-state index in [-0.39, 0.29) is 5.41 Å². The maximum atomic E-state index is 5.07. The van der Waals surface area contributed by atoms with E-state index in [1.165, 1.54) is 10.6 Å². The molecule has 2 aromatic rings. The Morgan fingerprint density at radius 3 is 2.57 bits per heavy atom. The van der Waals surface area contributed by atoms with Crippen LogP contribution >= 0.6 is 11.3 Å². The lowest BCUT2D eigenvalue weighted by Crippen LogP contribution is -2.21. The van der Waals surface area contributed by atoms with Crippen LogP contribution in [0.1, 0.15) is 31.3 Å². The molecule has 0 saturated heterocycles. The van der Waals surface area contributed by atoms with Crippen molar-refractivity contribution in [1.82, 2.24) is 15.3 Å². The summed E-state index contributed by atoms with van der Waals surface area (Å²) < 4.78 is 5.07. The largest absolute Gasteiger partial charge is 0.383 e. The highest BCUT2D eigenvalue weighted by Gasteiger charge is 2.23. The van der Waals surface area contributed by atoms with Crippen LogP contribution in [-0.4, -0.2) is 30.2 Å². The molecule has 2 aromatic heterocycles. The Labute approximate surface area is 130 Å². The molecular weight excluding hydrogens is 282 g/mol. The van der Waals surface area contributed by atoms with Gasteiger partial charge in [0.05, 0.1) is 12.3 Å². The lowest BCUT2D eigenvalue weighted by Gasteiger charge is -2.17. The van der Waals surface area contributed by atoms with Crippen molar-refractivity contribution in [3.05, 3.63) is 35.1 Å². The van der Waals surface area contributed by atoms with Crippen molar-refractivity contribution in [2.75, 3.05) is 20.3 Å². The van der Waals surface area contributed by atoms with Gasteiger partial charge in [-0.15, -0.1) is 11.3 Å². The van der Waals surface area contributed by atoms with Crippen LogP contribution in [-0.2, 0) is 16.7 Å². The lowest BCUT2D eigenvalue weighted by molar-refractivity contribution is 0.199. The molecule has 0 radical (unpaired) electrons. The van der Waals surface area contributed by atoms with Crippen LogP contribution in [0.4, 0.5) is 0 Å². The van der Waals surface area contributed by atoms with Crippen LogP contribution in [0.25, 0.3) is 10.6 Å². The topological polar surface area (TPSA) is 47.0 Å². The smallest absolute Gasteiger partial charge is 0.124 e. The molecule has 114 valence electrons. The number of hydrogen-bond acceptors (Lipinski definition) is 5. The van der Waals surface area contributed by atoms with E-state index in [0.717, 1.165) is 30.3 Å². The summed E-state index contributed by atoms with van der Waals surface area (Å²) in [5, 5.41) is 4.47. The van der Waals surface area contributed by atoms with Gasteiger partial charge in [-0.2, -0.15) is 0 Å². The average molecular weight is 305 g/mol. The molecule has 1 N–H and O–H groups in total. The van der Waals surface area contributed by atoms with Crippen molar-refractivity contribution in [3.63, 3.8) is 0 Å². The van der Waals surface area contributed by atoms with E-state index in [9.17, 15) is 0 Å². The van der Waals surface area contributed by atoms with Gasteiger partial charge < -0.3 is 10.1 Å². The fourth-order valence-electron chi connectivity index (χ4n) is 2.05. The molecule has 0 bridgehead atoms. The van der Waals surface area contributed by atoms with E-state index in [1.807, 2.05) is 24.5 Å². The van der Waals surface area contributed by atoms with Crippen LogP contribution in [0.5, 0.6) is 0 Å². The van der Waals surface area contributed by atoms with Crippen LogP contribution in [0.15, 0.2) is 24.5 Å². The van der Waals surface area contributed by atoms with Crippen molar-refractivity contribution >= 4 is 11.3 Å². The first-order chi connectivity index (χ1) is 10.0. The molecule has 0 atom stereocenters. The van der Waals surface area contributed by atoms with Crippen molar-refractivity contribution in [3.8, 4) is 10.6 Å². The van der Waals surface area contributed by atoms with E-state index in [1.54, 1.807) is 18.4 Å². The number of nitrogens with zero attached hydrogens (tertiary/aromatic N) is 2. The summed E-state index contributed by atoms with van der Waals surface area (Å²) in [6, 6.07) is 4.01. The molecule has 0 aliphatic rings. The Kier molecular flexibility index (Phi) is 5.45. The molecule has 0 fully saturated rings. The van der Waals surface area contributed by atoms with E-state index in [0.29, 0.717) is 0 Å². The highest BCUT2D eigenvalue weighted by molar-refractivity contribution is 7.15. The summed E-state index contributed by atoms with van der Waals surface area (Å²) in [7, 11) is 1.72. The monoisotopic (exact) mass is 305 g/mol. The molecular formula is C16H23N3OS. The molecule has 0 aromatic carbocycles. The number of hydrogen-bond donors (Lipinski definition) is 1. The Balaban J connectivity index is 2.23. The molecule has 5 heteroatoms. The second-order valence-corrected chi connectivity index (χ2v) is 7.03. The van der Waals surface area contributed by atoms with Gasteiger partial charge in [-0.1, -0.05) is 20.8 Å². The van der Waals surface area contributed by atoms with Gasteiger partial charge in [-0.25, -0.2) is 4.98 Å². The molecule has 4 nitrogen and oxygen atoms in total. The number of thiazole rings is 1. The van der Waals surface area contributed by atoms with Crippen LogP contribution in [0.2, 0.25) is 0 Å². The first kappa shape index (κ1) is 16.1. The average Bonchev–Trinajstić information content (AvgIpc) is 2.89. The van der Waals surface area contributed by atoms with Crippen molar-refractivity contribution in [2.45, 2.75) is 32.7 Å². The van der Waals surface area contributed by atoms with Gasteiger partial charge in [0, 0.05) is 48.4 Å². The standard InChI is InChI=1S/C16H23N3OS/c1-16(2,3)14-13(11-18-9-10-20-4)21-15(19-14)12-5-7-17-8-6-12/h5-8,18H,9-11H2,1-4H3. The minimum atomic E-state index is 0.0417. The molecule has 0 aliphatic carbocycles. The van der Waals surface area contributed by atoms with Gasteiger partial charge >= 0.3 is 0 Å². The highest BCUT2D eigenvalue weighted by Crippen LogP contribution is 2.34. The molecule has 0 unspecified atom stereocenters. The van der Waals surface area contributed by atoms with Gasteiger partial charge in [0.15, 0.2) is 0 Å². The summed E-state index contributed by atoms with van der Waals surface area (Å²) in [6.07, 6.45) is 3.62. The van der Waals surface area contributed by atoms with Gasteiger partial charge in [0.1, 0.15) is 5.01 Å². The van der Waals surface area contributed by atoms with E-state index in [2.05, 4.69) is 31.1 Å². The molecule has 21 heavy (non-hydrogen) atoms. The third-order valence-electron chi connectivity index (χ3n) is 3.10. The maximum absolute atomic E-state index is 5.07. The predicted molar refractivity (Wildman–Crippen MR) is 87.6 cm³/mol. The fraction of sp³-hybridized carbons (Fsp3) is 0.500. The van der Waals surface area contributed by atoms with Crippen LogP contribution in [0.3, 0.4) is 0 Å². The quantitative estimate of drug-likeness (QED) is 0.832. The second kappa shape index (κ2) is 7.11.